The van der Waals surface area contributed by atoms with E-state index in [1.165, 1.54) is 0 Å². The lowest BCUT2D eigenvalue weighted by molar-refractivity contribution is -0.119. The SMILES string of the molecule is COC1(c2cnnn2C)CN(C(=O)c2n[nH]c3c2C[C@H](C)O[C@@H]3C)C1. The molecule has 0 saturated carbocycles. The third kappa shape index (κ3) is 2.37. The molecule has 0 aromatic carbocycles. The van der Waals surface area contributed by atoms with Gasteiger partial charge >= 0.3 is 0 Å². The number of hydrogen-bond donors (Lipinski definition) is 1. The van der Waals surface area contributed by atoms with E-state index in [-0.39, 0.29) is 18.1 Å². The first-order valence-electron chi connectivity index (χ1n) is 8.37. The van der Waals surface area contributed by atoms with Gasteiger partial charge in [0.1, 0.15) is 5.60 Å². The van der Waals surface area contributed by atoms with Gasteiger partial charge in [-0.3, -0.25) is 9.89 Å². The van der Waals surface area contributed by atoms with Crippen molar-refractivity contribution >= 4 is 5.91 Å². The first kappa shape index (κ1) is 16.2. The summed E-state index contributed by atoms with van der Waals surface area (Å²) in [7, 11) is 3.46. The van der Waals surface area contributed by atoms with E-state index in [0.29, 0.717) is 25.2 Å². The highest BCUT2D eigenvalue weighted by Gasteiger charge is 2.50. The molecule has 134 valence electrons. The summed E-state index contributed by atoms with van der Waals surface area (Å²) in [5.74, 6) is -0.0818. The Bertz CT molecular complexity index is 807. The lowest BCUT2D eigenvalue weighted by Crippen LogP contribution is -2.63. The van der Waals surface area contributed by atoms with Crippen LogP contribution in [0, 0.1) is 0 Å². The zero-order chi connectivity index (χ0) is 17.8. The molecule has 0 bridgehead atoms. The Morgan fingerprint density at radius 1 is 1.44 bits per heavy atom. The number of aromatic amines is 1. The van der Waals surface area contributed by atoms with Crippen molar-refractivity contribution in [1.29, 1.82) is 0 Å². The van der Waals surface area contributed by atoms with Gasteiger partial charge in [-0.25, -0.2) is 4.68 Å². The van der Waals surface area contributed by atoms with Crippen molar-refractivity contribution in [3.05, 3.63) is 28.8 Å². The van der Waals surface area contributed by atoms with E-state index in [0.717, 1.165) is 17.0 Å². The number of aryl methyl sites for hydroxylation is 1. The third-order valence-electron chi connectivity index (χ3n) is 5.19. The molecule has 2 aromatic heterocycles. The Kier molecular flexibility index (Phi) is 3.66. The average Bonchev–Trinajstić information content (AvgIpc) is 3.14. The summed E-state index contributed by atoms with van der Waals surface area (Å²) in [6.45, 7) is 4.88. The number of carbonyl (C=O) groups excluding carboxylic acids is 1. The molecule has 0 radical (unpaired) electrons. The fourth-order valence-corrected chi connectivity index (χ4v) is 3.81. The summed E-state index contributed by atoms with van der Waals surface area (Å²) in [5.41, 5.74) is 2.65. The Morgan fingerprint density at radius 3 is 2.84 bits per heavy atom. The number of aromatic nitrogens is 5. The number of fused-ring (bicyclic) bond motifs is 1. The number of nitrogens with zero attached hydrogens (tertiary/aromatic N) is 5. The summed E-state index contributed by atoms with van der Waals surface area (Å²) in [4.78, 5) is 14.7. The van der Waals surface area contributed by atoms with Crippen molar-refractivity contribution < 1.29 is 14.3 Å². The molecule has 1 N–H and O–H groups in total. The van der Waals surface area contributed by atoms with Gasteiger partial charge in [0, 0.05) is 26.1 Å². The number of methoxy groups -OCH3 is 1. The van der Waals surface area contributed by atoms with Gasteiger partial charge in [-0.1, -0.05) is 5.21 Å². The molecule has 9 heteroatoms. The van der Waals surface area contributed by atoms with Gasteiger partial charge in [0.2, 0.25) is 0 Å². The van der Waals surface area contributed by atoms with E-state index in [2.05, 4.69) is 20.5 Å². The molecule has 9 nitrogen and oxygen atoms in total. The second-order valence-electron chi connectivity index (χ2n) is 6.86. The Hall–Kier alpha value is -2.26. The van der Waals surface area contributed by atoms with E-state index in [1.54, 1.807) is 22.9 Å². The topological polar surface area (TPSA) is 98.2 Å². The van der Waals surface area contributed by atoms with E-state index in [1.807, 2.05) is 20.9 Å². The number of ether oxygens (including phenoxy) is 2. The minimum atomic E-state index is -0.562. The van der Waals surface area contributed by atoms with Crippen molar-refractivity contribution in [2.45, 2.75) is 38.1 Å². The molecule has 4 rings (SSSR count). The molecular weight excluding hydrogens is 324 g/mol. The predicted molar refractivity (Wildman–Crippen MR) is 86.8 cm³/mol. The molecule has 2 aromatic rings. The molecule has 25 heavy (non-hydrogen) atoms. The van der Waals surface area contributed by atoms with E-state index < -0.39 is 5.60 Å². The minimum Gasteiger partial charge on any atom is -0.369 e. The van der Waals surface area contributed by atoms with Crippen molar-refractivity contribution in [1.82, 2.24) is 30.1 Å². The van der Waals surface area contributed by atoms with Crippen molar-refractivity contribution in [3.8, 4) is 0 Å². The molecule has 1 saturated heterocycles. The van der Waals surface area contributed by atoms with Crippen LogP contribution in [-0.2, 0) is 28.5 Å². The lowest BCUT2D eigenvalue weighted by Gasteiger charge is -2.48. The zero-order valence-corrected chi connectivity index (χ0v) is 14.8. The van der Waals surface area contributed by atoms with E-state index in [4.69, 9.17) is 9.47 Å². The van der Waals surface area contributed by atoms with Crippen LogP contribution >= 0.6 is 0 Å². The van der Waals surface area contributed by atoms with Gasteiger partial charge in [0.15, 0.2) is 5.69 Å². The van der Waals surface area contributed by atoms with Gasteiger partial charge in [0.05, 0.1) is 42.9 Å². The molecule has 0 unspecified atom stereocenters. The van der Waals surface area contributed by atoms with E-state index in [9.17, 15) is 4.79 Å². The molecule has 1 fully saturated rings. The van der Waals surface area contributed by atoms with Crippen molar-refractivity contribution in [2.75, 3.05) is 20.2 Å². The van der Waals surface area contributed by atoms with Crippen LogP contribution in [-0.4, -0.2) is 62.3 Å². The van der Waals surface area contributed by atoms with Crippen LogP contribution in [0.1, 0.15) is 47.4 Å². The highest BCUT2D eigenvalue weighted by Crippen LogP contribution is 2.37. The van der Waals surface area contributed by atoms with Gasteiger partial charge in [0.25, 0.3) is 5.91 Å². The summed E-state index contributed by atoms with van der Waals surface area (Å²) < 4.78 is 13.2. The van der Waals surface area contributed by atoms with Gasteiger partial charge in [-0.05, 0) is 13.8 Å². The number of rotatable bonds is 3. The van der Waals surface area contributed by atoms with Crippen LogP contribution in [0.5, 0.6) is 0 Å². The molecule has 0 spiro atoms. The maximum atomic E-state index is 12.9. The van der Waals surface area contributed by atoms with Gasteiger partial charge in [-0.2, -0.15) is 5.10 Å². The maximum Gasteiger partial charge on any atom is 0.274 e. The highest BCUT2D eigenvalue weighted by molar-refractivity contribution is 5.95. The number of amides is 1. The molecule has 2 aliphatic heterocycles. The smallest absolute Gasteiger partial charge is 0.274 e. The van der Waals surface area contributed by atoms with Crippen LogP contribution in [0.4, 0.5) is 0 Å². The molecule has 1 amide bonds. The standard InChI is InChI=1S/C16H22N6O3/c1-9-5-11-13(10(2)25-9)18-19-14(11)15(23)22-7-16(8-22,24-4)12-6-17-20-21(12)3/h6,9-10H,5,7-8H2,1-4H3,(H,18,19)/t9-,10+/m0/s1. The van der Waals surface area contributed by atoms with Crippen LogP contribution in [0.3, 0.4) is 0 Å². The third-order valence-corrected chi connectivity index (χ3v) is 5.19. The van der Waals surface area contributed by atoms with Crippen LogP contribution in [0.2, 0.25) is 0 Å². The summed E-state index contributed by atoms with van der Waals surface area (Å²) >= 11 is 0. The molecule has 4 heterocycles. The number of nitrogens with one attached hydrogen (secondary N) is 1. The fourth-order valence-electron chi connectivity index (χ4n) is 3.81. The monoisotopic (exact) mass is 346 g/mol. The first-order chi connectivity index (χ1) is 11.9. The zero-order valence-electron chi connectivity index (χ0n) is 14.8. The fraction of sp³-hybridized carbons (Fsp3) is 0.625. The number of H-pyrrole nitrogens is 1. The summed E-state index contributed by atoms with van der Waals surface area (Å²) in [6.07, 6.45) is 2.36. The minimum absolute atomic E-state index is 0.0709. The Balaban J connectivity index is 1.56. The highest BCUT2D eigenvalue weighted by atomic mass is 16.5. The number of likely N-dealkylation sites (tertiary alicyclic amines) is 1. The molecular formula is C16H22N6O3. The Labute approximate surface area is 145 Å². The molecule has 2 aliphatic rings. The molecule has 2 atom stereocenters. The quantitative estimate of drug-likeness (QED) is 0.872. The van der Waals surface area contributed by atoms with Gasteiger partial charge in [-0.15, -0.1) is 5.10 Å². The number of carbonyl (C=O) groups is 1. The van der Waals surface area contributed by atoms with Crippen molar-refractivity contribution in [3.63, 3.8) is 0 Å². The predicted octanol–water partition coefficient (Wildman–Crippen LogP) is 0.558. The average molecular weight is 346 g/mol. The number of hydrogen-bond acceptors (Lipinski definition) is 6. The Morgan fingerprint density at radius 2 is 2.20 bits per heavy atom. The lowest BCUT2D eigenvalue weighted by atomic mass is 9.89. The van der Waals surface area contributed by atoms with Gasteiger partial charge < -0.3 is 14.4 Å². The normalized spacial score (nSPS) is 24.7. The second-order valence-corrected chi connectivity index (χ2v) is 6.86. The van der Waals surface area contributed by atoms with Crippen LogP contribution in [0.15, 0.2) is 6.20 Å². The summed E-state index contributed by atoms with van der Waals surface area (Å²) in [6, 6.07) is 0. The van der Waals surface area contributed by atoms with E-state index >= 15 is 0 Å². The largest absolute Gasteiger partial charge is 0.369 e. The molecule has 0 aliphatic carbocycles. The van der Waals surface area contributed by atoms with Crippen LogP contribution < -0.4 is 0 Å². The van der Waals surface area contributed by atoms with Crippen LogP contribution in [0.25, 0.3) is 0 Å². The van der Waals surface area contributed by atoms with Crippen molar-refractivity contribution in [2.24, 2.45) is 7.05 Å². The summed E-state index contributed by atoms with van der Waals surface area (Å²) in [5, 5.41) is 15.1. The first-order valence-corrected chi connectivity index (χ1v) is 8.37. The second kappa shape index (κ2) is 5.63. The maximum absolute atomic E-state index is 12.9.